The lowest BCUT2D eigenvalue weighted by Crippen LogP contribution is -2.60. The largest absolute Gasteiger partial charge is 0.480 e. The Kier molecular flexibility index (Phi) is 5.17. The minimum absolute atomic E-state index is 0.392. The number of carboxylic acids is 1. The van der Waals surface area contributed by atoms with Crippen molar-refractivity contribution in [2.45, 2.75) is 57.5 Å². The quantitative estimate of drug-likeness (QED) is 0.707. The van der Waals surface area contributed by atoms with E-state index in [1.165, 1.54) is 6.92 Å². The Morgan fingerprint density at radius 2 is 2.16 bits per heavy atom. The summed E-state index contributed by atoms with van der Waals surface area (Å²) in [6.45, 7) is 6.48. The lowest BCUT2D eigenvalue weighted by Gasteiger charge is -2.35. The molecular weight excluding hydrogens is 248 g/mol. The molecule has 6 nitrogen and oxygen atoms in total. The standard InChI is InChI=1S/C13H24N2O4/c1-4-6-13(3,10(16)17)15-11(18)14-12(2)7-5-8-19-9-12/h4-9H2,1-3H3,(H,16,17)(H2,14,15,18). The highest BCUT2D eigenvalue weighted by Gasteiger charge is 2.36. The van der Waals surface area contributed by atoms with Crippen LogP contribution >= 0.6 is 0 Å². The summed E-state index contributed by atoms with van der Waals surface area (Å²) in [5.41, 5.74) is -1.65. The van der Waals surface area contributed by atoms with Crippen LogP contribution in [-0.4, -0.2) is 41.4 Å². The molecule has 0 spiro atoms. The topological polar surface area (TPSA) is 87.7 Å². The lowest BCUT2D eigenvalue weighted by atomic mass is 9.94. The van der Waals surface area contributed by atoms with Gasteiger partial charge in [0.25, 0.3) is 0 Å². The SMILES string of the molecule is CCCC(C)(NC(=O)NC1(C)CCCOC1)C(=O)O. The second-order valence-electron chi connectivity index (χ2n) is 5.68. The van der Waals surface area contributed by atoms with Gasteiger partial charge < -0.3 is 20.5 Å². The Bertz CT molecular complexity index is 340. The molecule has 2 amide bonds. The number of carboxylic acid groups (broad SMARTS) is 1. The minimum Gasteiger partial charge on any atom is -0.480 e. The Morgan fingerprint density at radius 1 is 1.47 bits per heavy atom. The van der Waals surface area contributed by atoms with Gasteiger partial charge in [-0.2, -0.15) is 0 Å². The molecule has 2 atom stereocenters. The zero-order valence-electron chi connectivity index (χ0n) is 11.9. The molecule has 2 unspecified atom stereocenters. The number of nitrogens with one attached hydrogen (secondary N) is 2. The zero-order chi connectivity index (χ0) is 14.5. The van der Waals surface area contributed by atoms with E-state index in [1.807, 2.05) is 13.8 Å². The molecule has 1 fully saturated rings. The monoisotopic (exact) mass is 272 g/mol. The Morgan fingerprint density at radius 3 is 2.63 bits per heavy atom. The summed E-state index contributed by atoms with van der Waals surface area (Å²) in [5.74, 6) is -1.02. The van der Waals surface area contributed by atoms with Crippen molar-refractivity contribution in [2.24, 2.45) is 0 Å². The average molecular weight is 272 g/mol. The predicted octanol–water partition coefficient (Wildman–Crippen LogP) is 1.50. The van der Waals surface area contributed by atoms with Gasteiger partial charge in [0.1, 0.15) is 5.54 Å². The third-order valence-corrected chi connectivity index (χ3v) is 3.46. The van der Waals surface area contributed by atoms with Crippen LogP contribution < -0.4 is 10.6 Å². The summed E-state index contributed by atoms with van der Waals surface area (Å²) in [6.07, 6.45) is 2.80. The number of rotatable bonds is 5. The van der Waals surface area contributed by atoms with Crippen LogP contribution in [0, 0.1) is 0 Å². The van der Waals surface area contributed by atoms with Gasteiger partial charge in [0, 0.05) is 6.61 Å². The number of hydrogen-bond donors (Lipinski definition) is 3. The lowest BCUT2D eigenvalue weighted by molar-refractivity contribution is -0.144. The van der Waals surface area contributed by atoms with Crippen molar-refractivity contribution in [3.63, 3.8) is 0 Å². The molecule has 0 bridgehead atoms. The van der Waals surface area contributed by atoms with Gasteiger partial charge in [0.2, 0.25) is 0 Å². The molecule has 19 heavy (non-hydrogen) atoms. The van der Waals surface area contributed by atoms with Crippen molar-refractivity contribution in [1.82, 2.24) is 10.6 Å². The molecule has 110 valence electrons. The highest BCUT2D eigenvalue weighted by atomic mass is 16.5. The van der Waals surface area contributed by atoms with Crippen LogP contribution in [0.15, 0.2) is 0 Å². The molecule has 3 N–H and O–H groups in total. The first-order chi connectivity index (χ1) is 8.81. The van der Waals surface area contributed by atoms with E-state index < -0.39 is 23.1 Å². The maximum absolute atomic E-state index is 12.0. The molecule has 0 aliphatic carbocycles. The first-order valence-corrected chi connectivity index (χ1v) is 6.73. The van der Waals surface area contributed by atoms with E-state index in [4.69, 9.17) is 4.74 Å². The third-order valence-electron chi connectivity index (χ3n) is 3.46. The first-order valence-electron chi connectivity index (χ1n) is 6.73. The van der Waals surface area contributed by atoms with Gasteiger partial charge in [-0.15, -0.1) is 0 Å². The van der Waals surface area contributed by atoms with Crippen LogP contribution in [0.2, 0.25) is 0 Å². The van der Waals surface area contributed by atoms with Crippen LogP contribution in [0.5, 0.6) is 0 Å². The molecule has 1 aliphatic rings. The van der Waals surface area contributed by atoms with Crippen LogP contribution in [0.1, 0.15) is 46.5 Å². The fourth-order valence-electron chi connectivity index (χ4n) is 2.31. The van der Waals surface area contributed by atoms with Gasteiger partial charge in [-0.3, -0.25) is 0 Å². The maximum Gasteiger partial charge on any atom is 0.329 e. The van der Waals surface area contributed by atoms with Gasteiger partial charge in [0.05, 0.1) is 12.1 Å². The molecule has 6 heteroatoms. The van der Waals surface area contributed by atoms with Gasteiger partial charge in [-0.05, 0) is 33.1 Å². The molecule has 0 aromatic rings. The predicted molar refractivity (Wildman–Crippen MR) is 71.1 cm³/mol. The number of carbonyl (C=O) groups excluding carboxylic acids is 1. The summed E-state index contributed by atoms with van der Waals surface area (Å²) in [6, 6.07) is -0.452. The van der Waals surface area contributed by atoms with E-state index in [0.29, 0.717) is 26.1 Å². The number of aliphatic carboxylic acids is 1. The Hall–Kier alpha value is -1.30. The van der Waals surface area contributed by atoms with Crippen LogP contribution in [0.4, 0.5) is 4.79 Å². The molecule has 1 rings (SSSR count). The van der Waals surface area contributed by atoms with Gasteiger partial charge in [-0.25, -0.2) is 9.59 Å². The number of ether oxygens (including phenoxy) is 1. The fraction of sp³-hybridized carbons (Fsp3) is 0.846. The van der Waals surface area contributed by atoms with E-state index in [-0.39, 0.29) is 0 Å². The van der Waals surface area contributed by atoms with Crippen LogP contribution in [-0.2, 0) is 9.53 Å². The van der Waals surface area contributed by atoms with Crippen molar-refractivity contribution < 1.29 is 19.4 Å². The van der Waals surface area contributed by atoms with E-state index in [2.05, 4.69) is 10.6 Å². The Balaban J connectivity index is 2.60. The van der Waals surface area contributed by atoms with E-state index in [9.17, 15) is 14.7 Å². The normalized spacial score (nSPS) is 26.3. The molecule has 1 heterocycles. The highest BCUT2D eigenvalue weighted by molar-refractivity contribution is 5.86. The Labute approximate surface area is 113 Å². The third kappa shape index (κ3) is 4.38. The number of urea groups is 1. The van der Waals surface area contributed by atoms with Crippen molar-refractivity contribution in [3.8, 4) is 0 Å². The van der Waals surface area contributed by atoms with Crippen LogP contribution in [0.25, 0.3) is 0 Å². The summed E-state index contributed by atoms with van der Waals surface area (Å²) < 4.78 is 5.35. The number of amides is 2. The summed E-state index contributed by atoms with van der Waals surface area (Å²) in [7, 11) is 0. The number of hydrogen-bond acceptors (Lipinski definition) is 3. The van der Waals surface area contributed by atoms with Gasteiger partial charge >= 0.3 is 12.0 Å². The van der Waals surface area contributed by atoms with E-state index >= 15 is 0 Å². The zero-order valence-corrected chi connectivity index (χ0v) is 11.9. The average Bonchev–Trinajstić information content (AvgIpc) is 2.28. The molecule has 0 radical (unpaired) electrons. The van der Waals surface area contributed by atoms with Crippen molar-refractivity contribution in [1.29, 1.82) is 0 Å². The minimum atomic E-state index is -1.23. The van der Waals surface area contributed by atoms with E-state index in [0.717, 1.165) is 12.8 Å². The smallest absolute Gasteiger partial charge is 0.329 e. The fourth-order valence-corrected chi connectivity index (χ4v) is 2.31. The first kappa shape index (κ1) is 15.8. The molecule has 0 aromatic heterocycles. The molecule has 1 aliphatic heterocycles. The van der Waals surface area contributed by atoms with Crippen molar-refractivity contribution in [2.75, 3.05) is 13.2 Å². The van der Waals surface area contributed by atoms with Gasteiger partial charge in [0.15, 0.2) is 0 Å². The number of carbonyl (C=O) groups is 2. The molecular formula is C13H24N2O4. The van der Waals surface area contributed by atoms with Gasteiger partial charge in [-0.1, -0.05) is 13.3 Å². The summed E-state index contributed by atoms with van der Waals surface area (Å²) >= 11 is 0. The molecule has 0 saturated carbocycles. The van der Waals surface area contributed by atoms with Crippen molar-refractivity contribution >= 4 is 12.0 Å². The van der Waals surface area contributed by atoms with E-state index in [1.54, 1.807) is 0 Å². The highest BCUT2D eigenvalue weighted by Crippen LogP contribution is 2.19. The molecule has 0 aromatic carbocycles. The summed E-state index contributed by atoms with van der Waals surface area (Å²) in [5, 5.41) is 14.6. The van der Waals surface area contributed by atoms with Crippen LogP contribution in [0.3, 0.4) is 0 Å². The second kappa shape index (κ2) is 6.23. The second-order valence-corrected chi connectivity index (χ2v) is 5.68. The van der Waals surface area contributed by atoms with Crippen molar-refractivity contribution in [3.05, 3.63) is 0 Å². The summed E-state index contributed by atoms with van der Waals surface area (Å²) in [4.78, 5) is 23.2. The maximum atomic E-state index is 12.0. The molecule has 1 saturated heterocycles.